The van der Waals surface area contributed by atoms with E-state index in [9.17, 15) is 8.42 Å². The molecule has 0 amide bonds. The fourth-order valence-corrected chi connectivity index (χ4v) is 2.73. The molecule has 0 bridgehead atoms. The van der Waals surface area contributed by atoms with E-state index in [0.29, 0.717) is 18.7 Å². The lowest BCUT2D eigenvalue weighted by molar-refractivity contribution is 0.581. The molecule has 2 aromatic rings. The minimum Gasteiger partial charge on any atom is -0.363 e. The zero-order valence-electron chi connectivity index (χ0n) is 10.6. The Kier molecular flexibility index (Phi) is 4.03. The zero-order valence-corrected chi connectivity index (χ0v) is 11.4. The molecule has 0 saturated heterocycles. The number of rotatable bonds is 6. The molecule has 0 aliphatic heterocycles. The summed E-state index contributed by atoms with van der Waals surface area (Å²) in [6.45, 7) is 0.589. The lowest BCUT2D eigenvalue weighted by atomic mass is 10.3. The van der Waals surface area contributed by atoms with Crippen molar-refractivity contribution < 1.29 is 8.42 Å². The second-order valence-corrected chi connectivity index (χ2v) is 5.96. The normalized spacial score (nSPS) is 11.9. The molecule has 2 rings (SSSR count). The van der Waals surface area contributed by atoms with Crippen LogP contribution in [-0.2, 0) is 30.0 Å². The summed E-state index contributed by atoms with van der Waals surface area (Å²) in [7, 11) is -1.66. The van der Waals surface area contributed by atoms with Crippen molar-refractivity contribution in [3.05, 3.63) is 35.9 Å². The molecule has 0 aromatic carbocycles. The van der Waals surface area contributed by atoms with E-state index >= 15 is 0 Å². The van der Waals surface area contributed by atoms with Crippen molar-refractivity contribution in [3.8, 4) is 0 Å². The highest BCUT2D eigenvalue weighted by molar-refractivity contribution is 7.89. The van der Waals surface area contributed by atoms with Gasteiger partial charge < -0.3 is 10.7 Å². The summed E-state index contributed by atoms with van der Waals surface area (Å²) in [5.41, 5.74) is 6.96. The van der Waals surface area contributed by atoms with Gasteiger partial charge in [-0.25, -0.2) is 13.1 Å². The standard InChI is InChI=1S/C11H17N5O2S/c1-16-5-3-9(15-16)2-4-14-19(17,18)11-6-10(7-12)13-8-11/h3,5-6,8,13-14H,2,4,7,12H2,1H3. The van der Waals surface area contributed by atoms with Gasteiger partial charge in [0.15, 0.2) is 0 Å². The summed E-state index contributed by atoms with van der Waals surface area (Å²) >= 11 is 0. The average molecular weight is 283 g/mol. The maximum atomic E-state index is 12.0. The molecular weight excluding hydrogens is 266 g/mol. The first kappa shape index (κ1) is 13.8. The highest BCUT2D eigenvalue weighted by atomic mass is 32.2. The fraction of sp³-hybridized carbons (Fsp3) is 0.364. The van der Waals surface area contributed by atoms with Gasteiger partial charge in [0.25, 0.3) is 0 Å². The predicted molar refractivity (Wildman–Crippen MR) is 70.8 cm³/mol. The molecule has 2 aromatic heterocycles. The molecule has 4 N–H and O–H groups in total. The van der Waals surface area contributed by atoms with Crippen LogP contribution in [0.1, 0.15) is 11.4 Å². The largest absolute Gasteiger partial charge is 0.363 e. The Hall–Kier alpha value is -1.64. The number of aromatic amines is 1. The molecule has 0 unspecified atom stereocenters. The number of hydrogen-bond acceptors (Lipinski definition) is 4. The van der Waals surface area contributed by atoms with Gasteiger partial charge in [-0.3, -0.25) is 4.68 Å². The Morgan fingerprint density at radius 3 is 2.89 bits per heavy atom. The minimum atomic E-state index is -3.48. The van der Waals surface area contributed by atoms with E-state index in [4.69, 9.17) is 5.73 Å². The summed E-state index contributed by atoms with van der Waals surface area (Å²) in [5, 5.41) is 4.18. The van der Waals surface area contributed by atoms with Gasteiger partial charge in [-0.05, 0) is 12.1 Å². The highest BCUT2D eigenvalue weighted by Gasteiger charge is 2.15. The van der Waals surface area contributed by atoms with E-state index in [1.165, 1.54) is 12.3 Å². The van der Waals surface area contributed by atoms with Crippen molar-refractivity contribution in [2.75, 3.05) is 6.54 Å². The van der Waals surface area contributed by atoms with Crippen LogP contribution in [0.4, 0.5) is 0 Å². The van der Waals surface area contributed by atoms with Crippen LogP contribution in [0.25, 0.3) is 0 Å². The first-order valence-corrected chi connectivity index (χ1v) is 7.35. The Morgan fingerprint density at radius 1 is 1.53 bits per heavy atom. The van der Waals surface area contributed by atoms with Gasteiger partial charge in [0.2, 0.25) is 10.0 Å². The van der Waals surface area contributed by atoms with Gasteiger partial charge in [-0.2, -0.15) is 5.10 Å². The summed E-state index contributed by atoms with van der Waals surface area (Å²) in [4.78, 5) is 3.02. The van der Waals surface area contributed by atoms with Crippen LogP contribution in [-0.4, -0.2) is 29.7 Å². The molecule has 0 aliphatic rings. The number of H-pyrrole nitrogens is 1. The second-order valence-electron chi connectivity index (χ2n) is 4.19. The van der Waals surface area contributed by atoms with Gasteiger partial charge in [0.1, 0.15) is 0 Å². The summed E-state index contributed by atoms with van der Waals surface area (Å²) in [5.74, 6) is 0. The van der Waals surface area contributed by atoms with E-state index in [-0.39, 0.29) is 11.4 Å². The number of sulfonamides is 1. The minimum absolute atomic E-state index is 0.203. The molecule has 104 valence electrons. The van der Waals surface area contributed by atoms with Gasteiger partial charge >= 0.3 is 0 Å². The van der Waals surface area contributed by atoms with Gasteiger partial charge in [-0.1, -0.05) is 0 Å². The van der Waals surface area contributed by atoms with Crippen LogP contribution in [0.2, 0.25) is 0 Å². The number of aromatic nitrogens is 3. The van der Waals surface area contributed by atoms with E-state index in [0.717, 1.165) is 5.69 Å². The van der Waals surface area contributed by atoms with Crippen molar-refractivity contribution in [1.29, 1.82) is 0 Å². The number of nitrogens with zero attached hydrogens (tertiary/aromatic N) is 2. The van der Waals surface area contributed by atoms with Crippen LogP contribution in [0.5, 0.6) is 0 Å². The molecule has 0 spiro atoms. The maximum Gasteiger partial charge on any atom is 0.242 e. The lowest BCUT2D eigenvalue weighted by Gasteiger charge is -2.03. The van der Waals surface area contributed by atoms with Crippen molar-refractivity contribution in [3.63, 3.8) is 0 Å². The molecule has 2 heterocycles. The molecule has 0 aliphatic carbocycles. The third-order valence-electron chi connectivity index (χ3n) is 2.69. The lowest BCUT2D eigenvalue weighted by Crippen LogP contribution is -2.25. The number of nitrogens with two attached hydrogens (primary N) is 1. The molecule has 8 heteroatoms. The molecule has 0 radical (unpaired) electrons. The summed E-state index contributed by atoms with van der Waals surface area (Å²) < 4.78 is 28.1. The van der Waals surface area contributed by atoms with E-state index in [2.05, 4.69) is 14.8 Å². The molecule has 0 atom stereocenters. The zero-order chi connectivity index (χ0) is 13.9. The molecule has 7 nitrogen and oxygen atoms in total. The monoisotopic (exact) mass is 283 g/mol. The second kappa shape index (κ2) is 5.55. The quantitative estimate of drug-likeness (QED) is 0.678. The Balaban J connectivity index is 1.94. The van der Waals surface area contributed by atoms with Crippen molar-refractivity contribution in [2.24, 2.45) is 12.8 Å². The molecule has 0 saturated carbocycles. The molecular formula is C11H17N5O2S. The number of hydrogen-bond donors (Lipinski definition) is 3. The third kappa shape index (κ3) is 3.43. The third-order valence-corrected chi connectivity index (χ3v) is 4.13. The highest BCUT2D eigenvalue weighted by Crippen LogP contribution is 2.10. The summed E-state index contributed by atoms with van der Waals surface area (Å²) in [6, 6.07) is 3.39. The Labute approximate surface area is 111 Å². The van der Waals surface area contributed by atoms with Crippen LogP contribution in [0, 0.1) is 0 Å². The average Bonchev–Trinajstić information content (AvgIpc) is 2.98. The summed E-state index contributed by atoms with van der Waals surface area (Å²) in [6.07, 6.45) is 3.81. The number of aryl methyl sites for hydroxylation is 1. The van der Waals surface area contributed by atoms with E-state index in [1.54, 1.807) is 4.68 Å². The van der Waals surface area contributed by atoms with E-state index in [1.807, 2.05) is 19.3 Å². The molecule has 0 fully saturated rings. The van der Waals surface area contributed by atoms with Gasteiger partial charge in [0, 0.05) is 44.6 Å². The topological polar surface area (TPSA) is 106 Å². The first-order chi connectivity index (χ1) is 9.01. The SMILES string of the molecule is Cn1ccc(CCNS(=O)(=O)c2c[nH]c(CN)c2)n1. The van der Waals surface area contributed by atoms with Crippen LogP contribution in [0.3, 0.4) is 0 Å². The van der Waals surface area contributed by atoms with Gasteiger partial charge in [0.05, 0.1) is 10.6 Å². The van der Waals surface area contributed by atoms with Crippen molar-refractivity contribution in [2.45, 2.75) is 17.9 Å². The van der Waals surface area contributed by atoms with Crippen LogP contribution in [0.15, 0.2) is 29.4 Å². The Morgan fingerprint density at radius 2 is 2.32 bits per heavy atom. The number of nitrogens with one attached hydrogen (secondary N) is 2. The predicted octanol–water partition coefficient (Wildman–Crippen LogP) is -0.272. The van der Waals surface area contributed by atoms with Gasteiger partial charge in [-0.15, -0.1) is 0 Å². The Bertz CT molecular complexity index is 644. The molecule has 19 heavy (non-hydrogen) atoms. The van der Waals surface area contributed by atoms with Crippen molar-refractivity contribution in [1.82, 2.24) is 19.5 Å². The van der Waals surface area contributed by atoms with E-state index < -0.39 is 10.0 Å². The first-order valence-electron chi connectivity index (χ1n) is 5.87. The fourth-order valence-electron chi connectivity index (χ4n) is 1.69. The van der Waals surface area contributed by atoms with Crippen molar-refractivity contribution >= 4 is 10.0 Å². The maximum absolute atomic E-state index is 12.0. The van der Waals surface area contributed by atoms with Crippen LogP contribution >= 0.6 is 0 Å². The smallest absolute Gasteiger partial charge is 0.242 e. The van der Waals surface area contributed by atoms with Crippen LogP contribution < -0.4 is 10.5 Å².